The van der Waals surface area contributed by atoms with E-state index in [1.54, 1.807) is 0 Å². The molecule has 2 aliphatic heterocycles. The van der Waals surface area contributed by atoms with E-state index in [4.69, 9.17) is 4.52 Å². The molecule has 2 bridgehead atoms. The molecule has 88 valence electrons. The minimum atomic E-state index is 0. The maximum absolute atomic E-state index is 5.37. The molecule has 2 atom stereocenters. The van der Waals surface area contributed by atoms with Gasteiger partial charge in [0.2, 0.25) is 0 Å². The molecule has 1 fully saturated rings. The second-order valence-electron chi connectivity index (χ2n) is 5.24. The van der Waals surface area contributed by atoms with E-state index >= 15 is 0 Å². The summed E-state index contributed by atoms with van der Waals surface area (Å²) in [5, 5.41) is 3.97. The predicted molar refractivity (Wildman–Crippen MR) is 58.1 cm³/mol. The van der Waals surface area contributed by atoms with Crippen molar-refractivity contribution in [1.82, 2.24) is 5.16 Å². The fourth-order valence-corrected chi connectivity index (χ4v) is 3.08. The third-order valence-corrected chi connectivity index (χ3v) is 4.04. The van der Waals surface area contributed by atoms with Crippen molar-refractivity contribution < 1.29 is 33.0 Å². The van der Waals surface area contributed by atoms with Crippen molar-refractivity contribution in [3.8, 4) is 0 Å². The monoisotopic (exact) mass is 332 g/mol. The van der Waals surface area contributed by atoms with E-state index in [0.717, 1.165) is 15.9 Å². The summed E-state index contributed by atoms with van der Waals surface area (Å²) in [6, 6.07) is 3.34. The highest BCUT2D eigenvalue weighted by molar-refractivity contribution is 5.68. The predicted octanol–water partition coefficient (Wildman–Crippen LogP) is -1.01. The van der Waals surface area contributed by atoms with Crippen molar-refractivity contribution in [3.63, 3.8) is 0 Å². The first-order valence-electron chi connectivity index (χ1n) is 5.58. The van der Waals surface area contributed by atoms with Crippen LogP contribution in [0.15, 0.2) is 16.7 Å². The Morgan fingerprint density at radius 1 is 1.38 bits per heavy atom. The summed E-state index contributed by atoms with van der Waals surface area (Å²) in [7, 11) is 4.63. The molecule has 0 spiro atoms. The summed E-state index contributed by atoms with van der Waals surface area (Å²) >= 11 is 0. The minimum absolute atomic E-state index is 0. The fourth-order valence-electron chi connectivity index (χ4n) is 3.08. The second kappa shape index (κ2) is 3.84. The van der Waals surface area contributed by atoms with E-state index in [1.807, 2.05) is 13.0 Å². The molecule has 16 heavy (non-hydrogen) atoms. The van der Waals surface area contributed by atoms with Crippen LogP contribution in [-0.2, 0) is 0 Å². The lowest BCUT2D eigenvalue weighted by atomic mass is 9.97. The van der Waals surface area contributed by atoms with Gasteiger partial charge >= 0.3 is 0 Å². The molecule has 0 unspecified atom stereocenters. The van der Waals surface area contributed by atoms with Crippen LogP contribution < -0.4 is 24.0 Å². The van der Waals surface area contributed by atoms with E-state index < -0.39 is 0 Å². The number of hydrogen-bond donors (Lipinski definition) is 0. The van der Waals surface area contributed by atoms with Crippen LogP contribution in [0, 0.1) is 6.92 Å². The lowest BCUT2D eigenvalue weighted by Gasteiger charge is -2.30. The standard InChI is InChI=1S/C12H17N2O.HI/c1-8-6-12(15-13-8)10-7-9-4-5-11(10)14(9,2)3;/h6-7,9,11H,4-5H2,1-3H3;1H/q+1;/p-1/t9-,11+;/m0./s1. The van der Waals surface area contributed by atoms with Crippen LogP contribution in [0.2, 0.25) is 0 Å². The Hall–Kier alpha value is -0.360. The van der Waals surface area contributed by atoms with Crippen LogP contribution in [0.5, 0.6) is 0 Å². The zero-order valence-electron chi connectivity index (χ0n) is 9.90. The van der Waals surface area contributed by atoms with Crippen LogP contribution >= 0.6 is 0 Å². The molecule has 1 aromatic rings. The van der Waals surface area contributed by atoms with Crippen molar-refractivity contribution in [2.45, 2.75) is 31.8 Å². The summed E-state index contributed by atoms with van der Waals surface area (Å²) in [4.78, 5) is 0. The highest BCUT2D eigenvalue weighted by Gasteiger charge is 2.50. The highest BCUT2D eigenvalue weighted by Crippen LogP contribution is 2.45. The van der Waals surface area contributed by atoms with Gasteiger partial charge in [-0.15, -0.1) is 0 Å². The lowest BCUT2D eigenvalue weighted by Crippen LogP contribution is -3.00. The average Bonchev–Trinajstić information content (AvgIpc) is 2.80. The summed E-state index contributed by atoms with van der Waals surface area (Å²) in [5.41, 5.74) is 2.34. The number of likely N-dealkylation sites (N-methyl/N-ethyl adjacent to an activating group) is 1. The SMILES string of the molecule is Cc1cc(C2=C[C@@H]3CC[C@H]2[N+]3(C)C)on1.[I-]. The number of hydrogen-bond acceptors (Lipinski definition) is 2. The van der Waals surface area contributed by atoms with E-state index in [2.05, 4.69) is 25.3 Å². The van der Waals surface area contributed by atoms with Gasteiger partial charge in [0.25, 0.3) is 0 Å². The highest BCUT2D eigenvalue weighted by atomic mass is 127. The molecular weight excluding hydrogens is 315 g/mol. The molecule has 0 amide bonds. The number of rotatable bonds is 1. The molecule has 3 rings (SSSR count). The Labute approximate surface area is 113 Å². The quantitative estimate of drug-likeness (QED) is 0.487. The Kier molecular flexibility index (Phi) is 2.90. The van der Waals surface area contributed by atoms with Gasteiger partial charge in [-0.05, 0) is 13.0 Å². The number of halogens is 1. The number of aryl methyl sites for hydroxylation is 1. The normalized spacial score (nSPS) is 30.1. The molecule has 2 aliphatic rings. The molecular formula is C12H17IN2O. The zero-order valence-corrected chi connectivity index (χ0v) is 12.1. The van der Waals surface area contributed by atoms with Gasteiger partial charge in [0.15, 0.2) is 5.76 Å². The largest absolute Gasteiger partial charge is 1.00 e. The number of quaternary nitrogens is 1. The van der Waals surface area contributed by atoms with Gasteiger partial charge in [-0.25, -0.2) is 0 Å². The summed E-state index contributed by atoms with van der Waals surface area (Å²) < 4.78 is 6.46. The van der Waals surface area contributed by atoms with E-state index in [-0.39, 0.29) is 24.0 Å². The van der Waals surface area contributed by atoms with Crippen molar-refractivity contribution in [2.24, 2.45) is 0 Å². The van der Waals surface area contributed by atoms with Crippen LogP contribution in [-0.4, -0.2) is 35.8 Å². The van der Waals surface area contributed by atoms with Crippen LogP contribution in [0.25, 0.3) is 5.57 Å². The molecule has 1 saturated heterocycles. The van der Waals surface area contributed by atoms with E-state index in [9.17, 15) is 0 Å². The van der Waals surface area contributed by atoms with Crippen molar-refractivity contribution >= 4 is 5.57 Å². The van der Waals surface area contributed by atoms with Crippen LogP contribution in [0.1, 0.15) is 24.3 Å². The average molecular weight is 332 g/mol. The Balaban J connectivity index is 0.000000963. The number of fused-ring (bicyclic) bond motifs is 2. The van der Waals surface area contributed by atoms with Crippen LogP contribution in [0.4, 0.5) is 0 Å². The number of aromatic nitrogens is 1. The fraction of sp³-hybridized carbons (Fsp3) is 0.583. The molecule has 0 aliphatic carbocycles. The molecule has 0 N–H and O–H groups in total. The third-order valence-electron chi connectivity index (χ3n) is 4.04. The topological polar surface area (TPSA) is 26.0 Å². The molecule has 0 radical (unpaired) electrons. The van der Waals surface area contributed by atoms with E-state index in [0.29, 0.717) is 12.1 Å². The van der Waals surface area contributed by atoms with Gasteiger partial charge in [-0.3, -0.25) is 0 Å². The third kappa shape index (κ3) is 1.54. The molecule has 3 nitrogen and oxygen atoms in total. The summed E-state index contributed by atoms with van der Waals surface area (Å²) in [5.74, 6) is 0.978. The molecule has 4 heteroatoms. The van der Waals surface area contributed by atoms with Gasteiger partial charge < -0.3 is 33.0 Å². The van der Waals surface area contributed by atoms with Gasteiger partial charge in [0.05, 0.1) is 25.4 Å². The van der Waals surface area contributed by atoms with Crippen LogP contribution in [0.3, 0.4) is 0 Å². The molecule has 3 heterocycles. The molecule has 0 aromatic carbocycles. The van der Waals surface area contributed by atoms with Crippen molar-refractivity contribution in [2.75, 3.05) is 14.1 Å². The van der Waals surface area contributed by atoms with Crippen molar-refractivity contribution in [3.05, 3.63) is 23.6 Å². The lowest BCUT2D eigenvalue weighted by molar-refractivity contribution is -0.906. The van der Waals surface area contributed by atoms with Gasteiger partial charge in [0, 0.05) is 18.9 Å². The Morgan fingerprint density at radius 3 is 2.56 bits per heavy atom. The van der Waals surface area contributed by atoms with Crippen molar-refractivity contribution in [1.29, 1.82) is 0 Å². The van der Waals surface area contributed by atoms with Gasteiger partial charge in [-0.1, -0.05) is 5.16 Å². The molecule has 1 aromatic heterocycles. The minimum Gasteiger partial charge on any atom is -1.00 e. The first-order chi connectivity index (χ1) is 7.09. The summed E-state index contributed by atoms with van der Waals surface area (Å²) in [6.07, 6.45) is 4.98. The first kappa shape index (κ1) is 12.1. The van der Waals surface area contributed by atoms with Gasteiger partial charge in [-0.2, -0.15) is 0 Å². The molecule has 0 saturated carbocycles. The number of nitrogens with zero attached hydrogens (tertiary/aromatic N) is 2. The maximum atomic E-state index is 5.37. The zero-order chi connectivity index (χ0) is 10.6. The maximum Gasteiger partial charge on any atom is 0.168 e. The smallest absolute Gasteiger partial charge is 0.168 e. The Bertz CT molecular complexity index is 436. The summed E-state index contributed by atoms with van der Waals surface area (Å²) in [6.45, 7) is 1.97. The Morgan fingerprint density at radius 2 is 2.12 bits per heavy atom. The first-order valence-corrected chi connectivity index (χ1v) is 5.58. The van der Waals surface area contributed by atoms with E-state index in [1.165, 1.54) is 18.4 Å². The second-order valence-corrected chi connectivity index (χ2v) is 5.24. The van der Waals surface area contributed by atoms with Gasteiger partial charge in [0.1, 0.15) is 12.1 Å².